The average Bonchev–Trinajstić information content (AvgIpc) is 2.71. The minimum atomic E-state index is -0.769. The molecule has 1 N–H and O–H groups in total. The maximum Gasteiger partial charge on any atom is 0.303 e. The first kappa shape index (κ1) is 19.8. The molecule has 2 saturated heterocycles. The Morgan fingerprint density at radius 2 is 1.96 bits per heavy atom. The Hall–Kier alpha value is -1.92. The van der Waals surface area contributed by atoms with E-state index in [9.17, 15) is 9.59 Å². The zero-order chi connectivity index (χ0) is 19.1. The van der Waals surface area contributed by atoms with Gasteiger partial charge in [-0.15, -0.1) is 0 Å². The van der Waals surface area contributed by atoms with E-state index in [1.54, 1.807) is 0 Å². The molecule has 1 atom stereocenters. The maximum atomic E-state index is 13.1. The van der Waals surface area contributed by atoms with Crippen LogP contribution in [0.25, 0.3) is 0 Å². The van der Waals surface area contributed by atoms with E-state index in [-0.39, 0.29) is 24.3 Å². The molecule has 0 spiro atoms. The lowest BCUT2D eigenvalue weighted by atomic mass is 9.92. The second-order valence-corrected chi connectivity index (χ2v) is 7.47. The molecule has 0 aromatic heterocycles. The third-order valence-electron chi connectivity index (χ3n) is 5.46. The van der Waals surface area contributed by atoms with Gasteiger partial charge in [-0.3, -0.25) is 9.59 Å². The monoisotopic (exact) mass is 375 g/mol. The van der Waals surface area contributed by atoms with Crippen LogP contribution in [0, 0.1) is 5.92 Å². The fourth-order valence-electron chi connectivity index (χ4n) is 3.89. The molecule has 0 saturated carbocycles. The van der Waals surface area contributed by atoms with Crippen LogP contribution in [-0.4, -0.2) is 54.3 Å². The number of carboxylic acids is 1. The second-order valence-electron chi connectivity index (χ2n) is 7.47. The third-order valence-corrected chi connectivity index (χ3v) is 5.46. The molecule has 0 bridgehead atoms. The predicted octanol–water partition coefficient (Wildman–Crippen LogP) is 3.10. The van der Waals surface area contributed by atoms with Gasteiger partial charge in [0.05, 0.1) is 12.7 Å². The minimum Gasteiger partial charge on any atom is -0.481 e. The number of carbonyl (C=O) groups is 2. The van der Waals surface area contributed by atoms with Gasteiger partial charge in [0, 0.05) is 38.3 Å². The van der Waals surface area contributed by atoms with Crippen LogP contribution in [-0.2, 0) is 20.9 Å². The van der Waals surface area contributed by atoms with Crippen molar-refractivity contribution in [1.29, 1.82) is 0 Å². The first-order valence-electron chi connectivity index (χ1n) is 9.92. The van der Waals surface area contributed by atoms with E-state index in [0.717, 1.165) is 51.0 Å². The molecule has 6 nitrogen and oxygen atoms in total. The number of hydrogen-bond donors (Lipinski definition) is 1. The van der Waals surface area contributed by atoms with E-state index in [1.807, 2.05) is 29.2 Å². The van der Waals surface area contributed by atoms with Gasteiger partial charge in [-0.1, -0.05) is 18.2 Å². The molecule has 2 aliphatic heterocycles. The highest BCUT2D eigenvalue weighted by atomic mass is 16.5. The summed E-state index contributed by atoms with van der Waals surface area (Å²) in [6.45, 7) is 3.27. The van der Waals surface area contributed by atoms with E-state index < -0.39 is 5.97 Å². The van der Waals surface area contributed by atoms with Crippen LogP contribution < -0.4 is 0 Å². The lowest BCUT2D eigenvalue weighted by Gasteiger charge is -2.33. The van der Waals surface area contributed by atoms with Crippen LogP contribution in [0.3, 0.4) is 0 Å². The van der Waals surface area contributed by atoms with Crippen molar-refractivity contribution >= 4 is 11.9 Å². The Morgan fingerprint density at radius 3 is 2.74 bits per heavy atom. The molecule has 0 aliphatic carbocycles. The molecule has 0 radical (unpaired) electrons. The molecule has 3 rings (SSSR count). The normalized spacial score (nSPS) is 21.2. The van der Waals surface area contributed by atoms with E-state index in [1.165, 1.54) is 0 Å². The highest BCUT2D eigenvalue weighted by molar-refractivity contribution is 5.95. The first-order chi connectivity index (χ1) is 13.1. The standard InChI is InChI=1S/C21H29NO5/c23-20(24)8-7-16-4-3-11-22(14-16)21(25)19-6-2-1-5-17(19)15-27-18-9-12-26-13-10-18/h1-2,5-6,16,18H,3-4,7-15H2,(H,23,24). The van der Waals surface area contributed by atoms with E-state index in [4.69, 9.17) is 14.6 Å². The van der Waals surface area contributed by atoms with Gasteiger partial charge in [0.15, 0.2) is 0 Å². The van der Waals surface area contributed by atoms with Crippen LogP contribution in [0.2, 0.25) is 0 Å². The van der Waals surface area contributed by atoms with Gasteiger partial charge in [-0.2, -0.15) is 0 Å². The number of amides is 1. The molecule has 1 unspecified atom stereocenters. The summed E-state index contributed by atoms with van der Waals surface area (Å²) < 4.78 is 11.4. The summed E-state index contributed by atoms with van der Waals surface area (Å²) in [7, 11) is 0. The van der Waals surface area contributed by atoms with Crippen LogP contribution in [0.1, 0.15) is 54.4 Å². The number of benzene rings is 1. The van der Waals surface area contributed by atoms with Crippen LogP contribution in [0.4, 0.5) is 0 Å². The van der Waals surface area contributed by atoms with Crippen LogP contribution >= 0.6 is 0 Å². The number of nitrogens with zero attached hydrogens (tertiary/aromatic N) is 1. The van der Waals surface area contributed by atoms with Crippen molar-refractivity contribution in [2.24, 2.45) is 5.92 Å². The zero-order valence-corrected chi connectivity index (χ0v) is 15.8. The fraction of sp³-hybridized carbons (Fsp3) is 0.619. The van der Waals surface area contributed by atoms with Gasteiger partial charge in [0.25, 0.3) is 5.91 Å². The summed E-state index contributed by atoms with van der Waals surface area (Å²) in [6, 6.07) is 7.65. The van der Waals surface area contributed by atoms with Crippen molar-refractivity contribution in [1.82, 2.24) is 4.90 Å². The summed E-state index contributed by atoms with van der Waals surface area (Å²) in [5.41, 5.74) is 1.62. The van der Waals surface area contributed by atoms with Gasteiger partial charge < -0.3 is 19.5 Å². The van der Waals surface area contributed by atoms with E-state index >= 15 is 0 Å². The van der Waals surface area contributed by atoms with Crippen molar-refractivity contribution in [3.63, 3.8) is 0 Å². The van der Waals surface area contributed by atoms with Gasteiger partial charge in [-0.25, -0.2) is 0 Å². The highest BCUT2D eigenvalue weighted by Gasteiger charge is 2.26. The molecular formula is C21H29NO5. The number of ether oxygens (including phenoxy) is 2. The highest BCUT2D eigenvalue weighted by Crippen LogP contribution is 2.24. The predicted molar refractivity (Wildman–Crippen MR) is 101 cm³/mol. The van der Waals surface area contributed by atoms with Crippen LogP contribution in [0.15, 0.2) is 24.3 Å². The lowest BCUT2D eigenvalue weighted by Crippen LogP contribution is -2.40. The lowest BCUT2D eigenvalue weighted by molar-refractivity contribution is -0.137. The number of likely N-dealkylation sites (tertiary alicyclic amines) is 1. The van der Waals surface area contributed by atoms with Crippen molar-refractivity contribution in [2.45, 2.75) is 51.2 Å². The third kappa shape index (κ3) is 5.78. The summed E-state index contributed by atoms with van der Waals surface area (Å²) in [4.78, 5) is 25.8. The molecule has 1 aromatic carbocycles. The van der Waals surface area contributed by atoms with Gasteiger partial charge in [-0.05, 0) is 49.7 Å². The van der Waals surface area contributed by atoms with Gasteiger partial charge in [0.1, 0.15) is 0 Å². The summed E-state index contributed by atoms with van der Waals surface area (Å²) in [5.74, 6) is -0.472. The fourth-order valence-corrected chi connectivity index (χ4v) is 3.89. The summed E-state index contributed by atoms with van der Waals surface area (Å²) in [6.07, 6.45) is 4.71. The van der Waals surface area contributed by atoms with Gasteiger partial charge >= 0.3 is 5.97 Å². The Balaban J connectivity index is 1.61. The molecule has 1 amide bonds. The summed E-state index contributed by atoms with van der Waals surface area (Å²) >= 11 is 0. The molecule has 1 aromatic rings. The maximum absolute atomic E-state index is 13.1. The smallest absolute Gasteiger partial charge is 0.303 e. The number of aliphatic carboxylic acids is 1. The minimum absolute atomic E-state index is 0.0289. The van der Waals surface area contributed by atoms with Crippen molar-refractivity contribution in [2.75, 3.05) is 26.3 Å². The second kappa shape index (κ2) is 9.85. The first-order valence-corrected chi connectivity index (χ1v) is 9.92. The molecule has 2 aliphatic rings. The molecule has 148 valence electrons. The number of rotatable bonds is 7. The Labute approximate surface area is 160 Å². The number of carboxylic acid groups (broad SMARTS) is 1. The molecule has 6 heteroatoms. The molecule has 2 heterocycles. The van der Waals surface area contributed by atoms with E-state index in [2.05, 4.69) is 0 Å². The Kier molecular flexibility index (Phi) is 7.24. The van der Waals surface area contributed by atoms with E-state index in [0.29, 0.717) is 25.1 Å². The average molecular weight is 375 g/mol. The quantitative estimate of drug-likeness (QED) is 0.792. The largest absolute Gasteiger partial charge is 0.481 e. The molecule has 27 heavy (non-hydrogen) atoms. The molecular weight excluding hydrogens is 346 g/mol. The van der Waals surface area contributed by atoms with Crippen molar-refractivity contribution in [3.8, 4) is 0 Å². The van der Waals surface area contributed by atoms with Gasteiger partial charge in [0.2, 0.25) is 0 Å². The Morgan fingerprint density at radius 1 is 1.19 bits per heavy atom. The SMILES string of the molecule is O=C(O)CCC1CCCN(C(=O)c2ccccc2COC2CCOCC2)C1. The van der Waals surface area contributed by atoms with Crippen LogP contribution in [0.5, 0.6) is 0 Å². The van der Waals surface area contributed by atoms with Crippen molar-refractivity contribution < 1.29 is 24.2 Å². The number of piperidine rings is 1. The number of hydrogen-bond acceptors (Lipinski definition) is 4. The Bertz CT molecular complexity index is 641. The summed E-state index contributed by atoms with van der Waals surface area (Å²) in [5, 5.41) is 8.90. The topological polar surface area (TPSA) is 76.1 Å². The van der Waals surface area contributed by atoms with Crippen molar-refractivity contribution in [3.05, 3.63) is 35.4 Å². The molecule has 2 fully saturated rings. The zero-order valence-electron chi connectivity index (χ0n) is 15.8. The number of carbonyl (C=O) groups excluding carboxylic acids is 1.